The van der Waals surface area contributed by atoms with E-state index in [1.54, 1.807) is 0 Å². The van der Waals surface area contributed by atoms with Gasteiger partial charge in [0.15, 0.2) is 0 Å². The highest BCUT2D eigenvalue weighted by atomic mass is 16.5. The summed E-state index contributed by atoms with van der Waals surface area (Å²) in [7, 11) is 0. The molecule has 2 rings (SSSR count). The summed E-state index contributed by atoms with van der Waals surface area (Å²) in [6, 6.07) is 10.1. The number of carbonyl (C=O) groups is 1. The van der Waals surface area contributed by atoms with Crippen LogP contribution < -0.4 is 5.32 Å². The molecule has 1 aromatic carbocycles. The topological polar surface area (TPSA) is 58.6 Å². The molecule has 1 aliphatic rings. The number of hydrogen-bond donors (Lipinski definition) is 2. The molecule has 22 heavy (non-hydrogen) atoms. The molecule has 1 aliphatic heterocycles. The van der Waals surface area contributed by atoms with Gasteiger partial charge in [0.25, 0.3) is 0 Å². The number of hydrogen-bond acceptors (Lipinski definition) is 3. The molecule has 122 valence electrons. The smallest absolute Gasteiger partial charge is 0.223 e. The highest BCUT2D eigenvalue weighted by molar-refractivity contribution is 5.78. The minimum absolute atomic E-state index is 0.0226. The summed E-state index contributed by atoms with van der Waals surface area (Å²) in [6.07, 6.45) is 2.59. The van der Waals surface area contributed by atoms with E-state index in [0.29, 0.717) is 18.9 Å². The van der Waals surface area contributed by atoms with Crippen LogP contribution in [0.2, 0.25) is 0 Å². The highest BCUT2D eigenvalue weighted by Crippen LogP contribution is 2.24. The van der Waals surface area contributed by atoms with Crippen molar-refractivity contribution < 1.29 is 14.6 Å². The molecule has 4 nitrogen and oxygen atoms in total. The lowest BCUT2D eigenvalue weighted by Gasteiger charge is -2.27. The first-order chi connectivity index (χ1) is 10.7. The quantitative estimate of drug-likeness (QED) is 0.813. The predicted octanol–water partition coefficient (Wildman–Crippen LogP) is 2.33. The molecule has 0 aliphatic carbocycles. The standard InChI is InChI=1S/C18H27NO3/c1-14(15-8-11-22-12-9-15)18(21)19-13-17(7-10-20)16-5-3-2-4-6-16/h2-6,14-15,17,20H,7-13H2,1H3,(H,19,21). The molecule has 0 radical (unpaired) electrons. The molecule has 2 N–H and O–H groups in total. The number of ether oxygens (including phenoxy) is 1. The third-order valence-corrected chi connectivity index (χ3v) is 4.66. The monoisotopic (exact) mass is 305 g/mol. The third-order valence-electron chi connectivity index (χ3n) is 4.66. The van der Waals surface area contributed by atoms with Gasteiger partial charge in [0.1, 0.15) is 0 Å². The summed E-state index contributed by atoms with van der Waals surface area (Å²) in [4.78, 5) is 12.4. The first-order valence-electron chi connectivity index (χ1n) is 8.23. The molecule has 2 atom stereocenters. The summed E-state index contributed by atoms with van der Waals surface area (Å²) in [5.74, 6) is 0.721. The van der Waals surface area contributed by atoms with Gasteiger partial charge in [-0.1, -0.05) is 37.3 Å². The van der Waals surface area contributed by atoms with Crippen LogP contribution in [0.25, 0.3) is 0 Å². The van der Waals surface area contributed by atoms with Gasteiger partial charge >= 0.3 is 0 Å². The fourth-order valence-corrected chi connectivity index (χ4v) is 3.08. The van der Waals surface area contributed by atoms with Crippen LogP contribution in [0.4, 0.5) is 0 Å². The van der Waals surface area contributed by atoms with E-state index in [4.69, 9.17) is 4.74 Å². The van der Waals surface area contributed by atoms with Crippen molar-refractivity contribution in [1.29, 1.82) is 0 Å². The normalized spacial score (nSPS) is 18.6. The van der Waals surface area contributed by atoms with Crippen LogP contribution in [0.1, 0.15) is 37.7 Å². The van der Waals surface area contributed by atoms with Gasteiger partial charge in [-0.05, 0) is 30.7 Å². The molecule has 0 spiro atoms. The van der Waals surface area contributed by atoms with Gasteiger partial charge in [-0.3, -0.25) is 4.79 Å². The van der Waals surface area contributed by atoms with Crippen molar-refractivity contribution in [2.75, 3.05) is 26.4 Å². The van der Waals surface area contributed by atoms with Crippen molar-refractivity contribution in [2.45, 2.75) is 32.1 Å². The van der Waals surface area contributed by atoms with Gasteiger partial charge in [0.2, 0.25) is 5.91 Å². The Morgan fingerprint density at radius 2 is 2.00 bits per heavy atom. The van der Waals surface area contributed by atoms with Crippen LogP contribution >= 0.6 is 0 Å². The molecule has 2 unspecified atom stereocenters. The van der Waals surface area contributed by atoms with Crippen molar-refractivity contribution >= 4 is 5.91 Å². The number of amides is 1. The first-order valence-corrected chi connectivity index (χ1v) is 8.23. The average molecular weight is 305 g/mol. The summed E-state index contributed by atoms with van der Waals surface area (Å²) in [5, 5.41) is 12.3. The Morgan fingerprint density at radius 3 is 2.64 bits per heavy atom. The Balaban J connectivity index is 1.87. The van der Waals surface area contributed by atoms with Gasteiger partial charge in [-0.25, -0.2) is 0 Å². The van der Waals surface area contributed by atoms with E-state index in [2.05, 4.69) is 5.32 Å². The predicted molar refractivity (Wildman–Crippen MR) is 86.6 cm³/mol. The number of aliphatic hydroxyl groups is 1. The van der Waals surface area contributed by atoms with E-state index < -0.39 is 0 Å². The Morgan fingerprint density at radius 1 is 1.32 bits per heavy atom. The van der Waals surface area contributed by atoms with Gasteiger partial charge in [0.05, 0.1) is 0 Å². The molecule has 1 amide bonds. The molecule has 0 bridgehead atoms. The van der Waals surface area contributed by atoms with Crippen molar-refractivity contribution in [3.63, 3.8) is 0 Å². The van der Waals surface area contributed by atoms with E-state index in [-0.39, 0.29) is 24.3 Å². The third kappa shape index (κ3) is 4.82. The second-order valence-corrected chi connectivity index (χ2v) is 6.10. The molecule has 1 saturated heterocycles. The maximum absolute atomic E-state index is 12.4. The largest absolute Gasteiger partial charge is 0.396 e. The molecular weight excluding hydrogens is 278 g/mol. The molecule has 1 aromatic rings. The lowest BCUT2D eigenvalue weighted by molar-refractivity contribution is -0.127. The van der Waals surface area contributed by atoms with Gasteiger partial charge in [-0.15, -0.1) is 0 Å². The summed E-state index contributed by atoms with van der Waals surface area (Å²) >= 11 is 0. The van der Waals surface area contributed by atoms with Crippen molar-refractivity contribution in [1.82, 2.24) is 5.32 Å². The second-order valence-electron chi connectivity index (χ2n) is 6.10. The van der Waals surface area contributed by atoms with Crippen LogP contribution in [0.15, 0.2) is 30.3 Å². The van der Waals surface area contributed by atoms with Crippen LogP contribution in [-0.2, 0) is 9.53 Å². The van der Waals surface area contributed by atoms with E-state index in [1.807, 2.05) is 37.3 Å². The lowest BCUT2D eigenvalue weighted by atomic mass is 9.86. The zero-order chi connectivity index (χ0) is 15.8. The van der Waals surface area contributed by atoms with Crippen LogP contribution in [0.5, 0.6) is 0 Å². The number of rotatable bonds is 7. The molecule has 1 fully saturated rings. The zero-order valence-corrected chi connectivity index (χ0v) is 13.3. The van der Waals surface area contributed by atoms with Crippen molar-refractivity contribution in [2.24, 2.45) is 11.8 Å². The fourth-order valence-electron chi connectivity index (χ4n) is 3.08. The minimum Gasteiger partial charge on any atom is -0.396 e. The zero-order valence-electron chi connectivity index (χ0n) is 13.3. The van der Waals surface area contributed by atoms with Crippen LogP contribution in [-0.4, -0.2) is 37.4 Å². The number of carbonyl (C=O) groups excluding carboxylic acids is 1. The summed E-state index contributed by atoms with van der Waals surface area (Å²) in [5.41, 5.74) is 1.16. The summed E-state index contributed by atoms with van der Waals surface area (Å²) < 4.78 is 5.36. The Bertz CT molecular complexity index is 443. The Labute approximate surface area is 132 Å². The SMILES string of the molecule is CC(C(=O)NCC(CCO)c1ccccc1)C1CCOCC1. The molecular formula is C18H27NO3. The maximum Gasteiger partial charge on any atom is 0.223 e. The van der Waals surface area contributed by atoms with Gasteiger partial charge in [0, 0.05) is 38.2 Å². The Hall–Kier alpha value is -1.39. The summed E-state index contributed by atoms with van der Waals surface area (Å²) in [6.45, 7) is 4.25. The second kappa shape index (κ2) is 8.91. The van der Waals surface area contributed by atoms with Gasteiger partial charge < -0.3 is 15.2 Å². The van der Waals surface area contributed by atoms with Crippen molar-refractivity contribution in [3.8, 4) is 0 Å². The van der Waals surface area contributed by atoms with Crippen LogP contribution in [0, 0.1) is 11.8 Å². The first kappa shape index (κ1) is 17.0. The maximum atomic E-state index is 12.4. The number of benzene rings is 1. The highest BCUT2D eigenvalue weighted by Gasteiger charge is 2.26. The Kier molecular flexibility index (Phi) is 6.87. The number of nitrogens with one attached hydrogen (secondary N) is 1. The molecule has 0 saturated carbocycles. The van der Waals surface area contributed by atoms with Gasteiger partial charge in [-0.2, -0.15) is 0 Å². The molecule has 0 aromatic heterocycles. The van der Waals surface area contributed by atoms with E-state index >= 15 is 0 Å². The molecule has 4 heteroatoms. The lowest BCUT2D eigenvalue weighted by Crippen LogP contribution is -2.37. The molecule has 1 heterocycles. The van der Waals surface area contributed by atoms with Crippen LogP contribution in [0.3, 0.4) is 0 Å². The van der Waals surface area contributed by atoms with Crippen molar-refractivity contribution in [3.05, 3.63) is 35.9 Å². The van der Waals surface area contributed by atoms with E-state index in [1.165, 1.54) is 0 Å². The van der Waals surface area contributed by atoms with E-state index in [9.17, 15) is 9.90 Å². The van der Waals surface area contributed by atoms with E-state index in [0.717, 1.165) is 31.6 Å². The minimum atomic E-state index is 0.0226. The average Bonchev–Trinajstić information content (AvgIpc) is 2.59. The number of aliphatic hydroxyl groups excluding tert-OH is 1. The fraction of sp³-hybridized carbons (Fsp3) is 0.611.